The highest BCUT2D eigenvalue weighted by molar-refractivity contribution is 6.04. The molecule has 0 bridgehead atoms. The molecule has 1 rings (SSSR count). The first-order chi connectivity index (χ1) is 14.7. The van der Waals surface area contributed by atoms with Gasteiger partial charge in [0.15, 0.2) is 35.2 Å². The molecule has 0 unspecified atom stereocenters. The van der Waals surface area contributed by atoms with Crippen LogP contribution in [-0.2, 0) is 0 Å². The summed E-state index contributed by atoms with van der Waals surface area (Å²) >= 11 is 0. The number of hydrazine groups is 4. The van der Waals surface area contributed by atoms with Gasteiger partial charge in [-0.1, -0.05) is 0 Å². The predicted octanol–water partition coefficient (Wildman–Crippen LogP) is -3.42. The van der Waals surface area contributed by atoms with Crippen LogP contribution < -0.4 is 0 Å². The molecule has 1 fully saturated rings. The number of guanidine groups is 3. The zero-order valence-electron chi connectivity index (χ0n) is 14.2. The topological polar surface area (TPSA) is 352 Å². The van der Waals surface area contributed by atoms with Gasteiger partial charge in [0.2, 0.25) is 6.67 Å². The molecule has 0 aliphatic carbocycles. The number of hydrogen-bond donors (Lipinski definition) is 0. The van der Waals surface area contributed by atoms with Crippen LogP contribution in [0, 0.1) is 70.8 Å². The molecule has 172 valence electrons. The molecule has 28 heteroatoms. The van der Waals surface area contributed by atoms with E-state index in [1.807, 2.05) is 0 Å². The van der Waals surface area contributed by atoms with Crippen LogP contribution in [0.5, 0.6) is 0 Å². The van der Waals surface area contributed by atoms with E-state index >= 15 is 0 Å². The minimum atomic E-state index is -2.38. The Hall–Kier alpha value is -5.99. The lowest BCUT2D eigenvalue weighted by Gasteiger charge is -2.25. The van der Waals surface area contributed by atoms with Crippen molar-refractivity contribution in [2.45, 2.75) is 0 Å². The third-order valence-corrected chi connectivity index (χ3v) is 2.72. The predicted molar refractivity (Wildman–Crippen MR) is 83.5 cm³/mol. The Morgan fingerprint density at radius 1 is 0.500 bits per heavy atom. The van der Waals surface area contributed by atoms with E-state index in [9.17, 15) is 70.8 Å². The first-order valence-electron chi connectivity index (χ1n) is 6.60. The van der Waals surface area contributed by atoms with Crippen molar-refractivity contribution in [1.29, 1.82) is 0 Å². The summed E-state index contributed by atoms with van der Waals surface area (Å²) in [4.78, 5) is 77.5. The Bertz CT molecular complexity index is 927. The molecule has 1 aliphatic heterocycles. The average Bonchev–Trinajstić information content (AvgIpc) is 2.57. The summed E-state index contributed by atoms with van der Waals surface area (Å²) in [5.74, 6) is -6.77. The van der Waals surface area contributed by atoms with Crippen LogP contribution in [0.4, 0.5) is 0 Å². The summed E-state index contributed by atoms with van der Waals surface area (Å²) in [7, 11) is 0. The van der Waals surface area contributed by atoms with Gasteiger partial charge in [-0.05, 0) is 10.0 Å². The maximum Gasteiger partial charge on any atom is 0.413 e. The third-order valence-electron chi connectivity index (χ3n) is 2.72. The highest BCUT2D eigenvalue weighted by Gasteiger charge is 2.58. The highest BCUT2D eigenvalue weighted by atomic mass is 16.7. The second-order valence-corrected chi connectivity index (χ2v) is 4.43. The quantitative estimate of drug-likeness (QED) is 0.258. The Balaban J connectivity index is 4.25. The second kappa shape index (κ2) is 9.01. The van der Waals surface area contributed by atoms with Crippen LogP contribution in [0.15, 0.2) is 15.3 Å². The number of nitro groups is 7. The van der Waals surface area contributed by atoms with E-state index in [1.165, 1.54) is 0 Å². The lowest BCUT2D eigenvalue weighted by molar-refractivity contribution is -0.705. The van der Waals surface area contributed by atoms with Crippen molar-refractivity contribution >= 4 is 17.9 Å². The van der Waals surface area contributed by atoms with E-state index in [0.29, 0.717) is 0 Å². The van der Waals surface area contributed by atoms with Crippen molar-refractivity contribution in [3.8, 4) is 0 Å². The minimum Gasteiger partial charge on any atom is -0.234 e. The maximum absolute atomic E-state index is 11.4. The van der Waals surface area contributed by atoms with Crippen molar-refractivity contribution in [3.05, 3.63) is 70.8 Å². The molecular formula is C4H2N14O14. The van der Waals surface area contributed by atoms with Crippen molar-refractivity contribution in [3.63, 3.8) is 0 Å². The Morgan fingerprint density at radius 3 is 1.00 bits per heavy atom. The summed E-state index contributed by atoms with van der Waals surface area (Å²) in [5, 5.41) is 66.8. The lowest BCUT2D eigenvalue weighted by atomic mass is 10.6. The number of hydrazone groups is 3. The Kier molecular flexibility index (Phi) is 6.77. The van der Waals surface area contributed by atoms with Gasteiger partial charge in [0.25, 0.3) is 0 Å². The molecule has 0 aromatic heterocycles. The Labute approximate surface area is 167 Å². The van der Waals surface area contributed by atoms with Crippen LogP contribution in [0.1, 0.15) is 0 Å². The fraction of sp³-hybridized carbons (Fsp3) is 0.250. The van der Waals surface area contributed by atoms with E-state index < -0.39 is 79.8 Å². The summed E-state index contributed by atoms with van der Waals surface area (Å²) in [6.07, 6.45) is 0. The van der Waals surface area contributed by atoms with E-state index in [0.717, 1.165) is 0 Å². The second-order valence-electron chi connectivity index (χ2n) is 4.43. The van der Waals surface area contributed by atoms with Gasteiger partial charge < -0.3 is 0 Å². The standard InChI is InChI=1S/C4H2N14O14/c19-12(20)5-2-8(15(25)26)1-9(16(27)28)3(6-13(21)22)11(18(31)32)4(7-14(23)24)10(2)17(29)30/h1H2/b5-2-,6-3+,7-4?. The van der Waals surface area contributed by atoms with Gasteiger partial charge in [0, 0.05) is 10.0 Å². The molecule has 28 nitrogen and oxygen atoms in total. The molecule has 0 atom stereocenters. The molecule has 1 heterocycles. The van der Waals surface area contributed by atoms with Crippen molar-refractivity contribution < 1.29 is 35.2 Å². The molecule has 0 aromatic rings. The number of rotatable bonds is 7. The zero-order valence-corrected chi connectivity index (χ0v) is 14.2. The average molecular weight is 470 g/mol. The number of hydrogen-bond acceptors (Lipinski definition) is 14. The minimum absolute atomic E-state index is 0.864. The smallest absolute Gasteiger partial charge is 0.234 e. The first-order valence-corrected chi connectivity index (χ1v) is 6.60. The third kappa shape index (κ3) is 5.08. The van der Waals surface area contributed by atoms with Crippen molar-refractivity contribution in [1.82, 2.24) is 20.0 Å². The van der Waals surface area contributed by atoms with Crippen molar-refractivity contribution in [2.75, 3.05) is 6.67 Å². The van der Waals surface area contributed by atoms with Gasteiger partial charge in [-0.25, -0.2) is 70.8 Å². The van der Waals surface area contributed by atoms with Crippen LogP contribution in [0.25, 0.3) is 0 Å². The Morgan fingerprint density at radius 2 is 0.781 bits per heavy atom. The van der Waals surface area contributed by atoms with Crippen LogP contribution in [0.3, 0.4) is 0 Å². The molecule has 0 spiro atoms. The van der Waals surface area contributed by atoms with Crippen molar-refractivity contribution in [2.24, 2.45) is 15.3 Å². The molecular weight excluding hydrogens is 468 g/mol. The maximum atomic E-state index is 11.4. The molecule has 0 N–H and O–H groups in total. The monoisotopic (exact) mass is 470 g/mol. The largest absolute Gasteiger partial charge is 0.413 e. The molecule has 0 aromatic carbocycles. The van der Waals surface area contributed by atoms with Crippen LogP contribution in [0.2, 0.25) is 0 Å². The first kappa shape index (κ1) is 24.0. The van der Waals surface area contributed by atoms with E-state index in [2.05, 4.69) is 15.3 Å². The van der Waals surface area contributed by atoms with E-state index in [4.69, 9.17) is 0 Å². The van der Waals surface area contributed by atoms with Gasteiger partial charge in [-0.2, -0.15) is 0 Å². The SMILES string of the molecule is O=[N+]([O-])N=C1N([N+](=O)[O-])/C(=N\[N+](=O)[O-])N([N+](=O)[O-])CN([N+](=O)[O-])/C(=N\[N+](=O)[O-])N1[N+](=O)[O-]. The molecule has 0 saturated carbocycles. The molecule has 32 heavy (non-hydrogen) atoms. The van der Waals surface area contributed by atoms with Gasteiger partial charge >= 0.3 is 17.9 Å². The van der Waals surface area contributed by atoms with Crippen LogP contribution >= 0.6 is 0 Å². The molecule has 1 aliphatic rings. The van der Waals surface area contributed by atoms with Gasteiger partial charge in [-0.3, -0.25) is 0 Å². The summed E-state index contributed by atoms with van der Waals surface area (Å²) < 4.78 is 0. The number of nitrogens with zero attached hydrogens (tertiary/aromatic N) is 14. The fourth-order valence-corrected chi connectivity index (χ4v) is 1.77. The molecule has 0 amide bonds. The highest BCUT2D eigenvalue weighted by Crippen LogP contribution is 2.16. The van der Waals surface area contributed by atoms with E-state index in [1.54, 1.807) is 0 Å². The van der Waals surface area contributed by atoms with Gasteiger partial charge in [-0.15, -0.1) is 0 Å². The normalized spacial score (nSPS) is 18.3. The van der Waals surface area contributed by atoms with Gasteiger partial charge in [0.1, 0.15) is 15.3 Å². The summed E-state index contributed by atoms with van der Waals surface area (Å²) in [6.45, 7) is -2.06. The van der Waals surface area contributed by atoms with E-state index in [-0.39, 0.29) is 0 Å². The summed E-state index contributed by atoms with van der Waals surface area (Å²) in [5.41, 5.74) is 0. The molecule has 0 radical (unpaired) electrons. The fourth-order valence-electron chi connectivity index (χ4n) is 1.77. The van der Waals surface area contributed by atoms with Crippen LogP contribution in [-0.4, -0.2) is 79.8 Å². The lowest BCUT2D eigenvalue weighted by Crippen LogP contribution is -2.67. The molecule has 1 saturated heterocycles. The van der Waals surface area contributed by atoms with Gasteiger partial charge in [0.05, 0.1) is 0 Å². The zero-order chi connectivity index (χ0) is 24.9. The summed E-state index contributed by atoms with van der Waals surface area (Å²) in [6, 6.07) is 0.